The molecule has 0 aliphatic rings. The zero-order chi connectivity index (χ0) is 23.4. The maximum atomic E-state index is 12.8. The fourth-order valence-corrected chi connectivity index (χ4v) is 3.80. The Kier molecular flexibility index (Phi) is 6.46. The first-order valence-electron chi connectivity index (χ1n) is 10.1. The molecule has 0 saturated heterocycles. The van der Waals surface area contributed by atoms with E-state index in [-0.39, 0.29) is 5.11 Å². The second-order valence-corrected chi connectivity index (χ2v) is 7.53. The number of amides is 1. The number of rotatable bonds is 6. The number of methoxy groups -OCH3 is 3. The number of aromatic nitrogens is 1. The van der Waals surface area contributed by atoms with Crippen LogP contribution in [0.4, 0.5) is 5.69 Å². The van der Waals surface area contributed by atoms with E-state index in [0.29, 0.717) is 22.8 Å². The third-order valence-corrected chi connectivity index (χ3v) is 5.34. The van der Waals surface area contributed by atoms with Crippen LogP contribution in [0, 0.1) is 0 Å². The minimum Gasteiger partial charge on any atom is -0.493 e. The molecule has 0 spiro atoms. The van der Waals surface area contributed by atoms with Crippen LogP contribution in [0.3, 0.4) is 0 Å². The molecule has 1 heterocycles. The number of hydrogen-bond acceptors (Lipinski definition) is 5. The molecule has 0 saturated carbocycles. The van der Waals surface area contributed by atoms with Crippen LogP contribution in [0.2, 0.25) is 0 Å². The summed E-state index contributed by atoms with van der Waals surface area (Å²) in [5.41, 5.74) is 3.15. The molecule has 0 atom stereocenters. The topological polar surface area (TPSA) is 73.8 Å². The molecule has 4 rings (SSSR count). The predicted molar refractivity (Wildman–Crippen MR) is 133 cm³/mol. The van der Waals surface area contributed by atoms with Crippen molar-refractivity contribution in [3.05, 3.63) is 78.5 Å². The van der Waals surface area contributed by atoms with Gasteiger partial charge < -0.3 is 24.1 Å². The number of carbonyl (C=O) groups excluding carboxylic acids is 1. The molecule has 2 N–H and O–H groups in total. The summed E-state index contributed by atoms with van der Waals surface area (Å²) in [7, 11) is 4.49. The maximum Gasteiger partial charge on any atom is 0.257 e. The van der Waals surface area contributed by atoms with Gasteiger partial charge in [0.05, 0.1) is 26.8 Å². The highest BCUT2D eigenvalue weighted by Crippen LogP contribution is 2.38. The molecule has 7 nitrogen and oxygen atoms in total. The minimum absolute atomic E-state index is 0.170. The van der Waals surface area contributed by atoms with Crippen LogP contribution >= 0.6 is 12.2 Å². The van der Waals surface area contributed by atoms with Gasteiger partial charge in [-0.05, 0) is 60.1 Å². The molecule has 1 amide bonds. The minimum atomic E-state index is -0.403. The van der Waals surface area contributed by atoms with Gasteiger partial charge in [0, 0.05) is 23.1 Å². The highest BCUT2D eigenvalue weighted by atomic mass is 32.1. The van der Waals surface area contributed by atoms with Crippen molar-refractivity contribution in [3.8, 4) is 22.9 Å². The van der Waals surface area contributed by atoms with Crippen LogP contribution in [0.25, 0.3) is 16.6 Å². The smallest absolute Gasteiger partial charge is 0.257 e. The summed E-state index contributed by atoms with van der Waals surface area (Å²) in [4.78, 5) is 12.8. The number of ether oxygens (including phenoxy) is 3. The van der Waals surface area contributed by atoms with Gasteiger partial charge in [0.1, 0.15) is 0 Å². The number of fused-ring (bicyclic) bond motifs is 1. The van der Waals surface area contributed by atoms with Crippen LogP contribution in [-0.4, -0.2) is 36.9 Å². The third kappa shape index (κ3) is 4.61. The van der Waals surface area contributed by atoms with Gasteiger partial charge in [0.25, 0.3) is 5.91 Å². The first-order valence-corrected chi connectivity index (χ1v) is 10.5. The van der Waals surface area contributed by atoms with E-state index in [2.05, 4.69) is 33.4 Å². The van der Waals surface area contributed by atoms with Crippen LogP contribution in [0.15, 0.2) is 72.9 Å². The fraction of sp³-hybridized carbons (Fsp3) is 0.120. The van der Waals surface area contributed by atoms with Gasteiger partial charge in [-0.3, -0.25) is 10.1 Å². The van der Waals surface area contributed by atoms with E-state index >= 15 is 0 Å². The quantitative estimate of drug-likeness (QED) is 0.403. The molecule has 0 unspecified atom stereocenters. The summed E-state index contributed by atoms with van der Waals surface area (Å²) in [5, 5.41) is 7.09. The summed E-state index contributed by atoms with van der Waals surface area (Å²) in [5.74, 6) is 0.769. The van der Waals surface area contributed by atoms with E-state index in [0.717, 1.165) is 22.3 Å². The lowest BCUT2D eigenvalue weighted by atomic mass is 10.1. The molecule has 0 radical (unpaired) electrons. The second kappa shape index (κ2) is 9.62. The van der Waals surface area contributed by atoms with E-state index in [1.807, 2.05) is 42.6 Å². The Bertz CT molecular complexity index is 1310. The molecule has 168 valence electrons. The van der Waals surface area contributed by atoms with Crippen molar-refractivity contribution < 1.29 is 19.0 Å². The van der Waals surface area contributed by atoms with E-state index in [4.69, 9.17) is 26.4 Å². The largest absolute Gasteiger partial charge is 0.493 e. The van der Waals surface area contributed by atoms with Crippen molar-refractivity contribution in [3.63, 3.8) is 0 Å². The van der Waals surface area contributed by atoms with Crippen molar-refractivity contribution in [2.24, 2.45) is 0 Å². The van der Waals surface area contributed by atoms with Crippen LogP contribution in [0.5, 0.6) is 17.2 Å². The molecule has 0 bridgehead atoms. The van der Waals surface area contributed by atoms with Crippen molar-refractivity contribution >= 4 is 39.8 Å². The Labute approximate surface area is 196 Å². The van der Waals surface area contributed by atoms with Crippen molar-refractivity contribution in [1.82, 2.24) is 9.88 Å². The van der Waals surface area contributed by atoms with Crippen molar-refractivity contribution in [2.45, 2.75) is 0 Å². The molecule has 33 heavy (non-hydrogen) atoms. The van der Waals surface area contributed by atoms with Gasteiger partial charge in [-0.1, -0.05) is 24.3 Å². The second-order valence-electron chi connectivity index (χ2n) is 7.12. The zero-order valence-corrected chi connectivity index (χ0v) is 19.2. The SMILES string of the molecule is COc1cc(C(=O)NC(=S)Nc2cccc(-n3ccc4ccccc43)c2)cc(OC)c1OC. The lowest BCUT2D eigenvalue weighted by molar-refractivity contribution is 0.0977. The molecule has 0 aliphatic heterocycles. The highest BCUT2D eigenvalue weighted by molar-refractivity contribution is 7.80. The van der Waals surface area contributed by atoms with Crippen LogP contribution in [0.1, 0.15) is 10.4 Å². The van der Waals surface area contributed by atoms with Gasteiger partial charge in [-0.2, -0.15) is 0 Å². The van der Waals surface area contributed by atoms with E-state index in [1.54, 1.807) is 12.1 Å². The maximum absolute atomic E-state index is 12.8. The molecule has 8 heteroatoms. The summed E-state index contributed by atoms with van der Waals surface area (Å²) >= 11 is 5.37. The van der Waals surface area contributed by atoms with Crippen LogP contribution < -0.4 is 24.8 Å². The highest BCUT2D eigenvalue weighted by Gasteiger charge is 2.17. The number of benzene rings is 3. The lowest BCUT2D eigenvalue weighted by Gasteiger charge is -2.15. The fourth-order valence-electron chi connectivity index (χ4n) is 3.59. The first kappa shape index (κ1) is 22.2. The number of nitrogens with zero attached hydrogens (tertiary/aromatic N) is 1. The van der Waals surface area contributed by atoms with E-state index in [9.17, 15) is 4.79 Å². The molecule has 1 aromatic heterocycles. The molecule has 4 aromatic rings. The Morgan fingerprint density at radius 1 is 0.879 bits per heavy atom. The molecule has 3 aromatic carbocycles. The van der Waals surface area contributed by atoms with Gasteiger partial charge in [-0.25, -0.2) is 0 Å². The molecular formula is C25H23N3O4S. The number of hydrogen-bond donors (Lipinski definition) is 2. The average molecular weight is 462 g/mol. The van der Waals surface area contributed by atoms with Gasteiger partial charge in [0.2, 0.25) is 5.75 Å². The summed E-state index contributed by atoms with van der Waals surface area (Å²) in [6, 6.07) is 21.1. The Morgan fingerprint density at radius 2 is 1.61 bits per heavy atom. The average Bonchev–Trinajstić information content (AvgIpc) is 3.27. The molecular weight excluding hydrogens is 438 g/mol. The first-order chi connectivity index (χ1) is 16.0. The number of thiocarbonyl (C=S) groups is 1. The van der Waals surface area contributed by atoms with Crippen molar-refractivity contribution in [2.75, 3.05) is 26.6 Å². The summed E-state index contributed by atoms with van der Waals surface area (Å²) in [6.45, 7) is 0. The lowest BCUT2D eigenvalue weighted by Crippen LogP contribution is -2.34. The van der Waals surface area contributed by atoms with E-state index < -0.39 is 5.91 Å². The molecule has 0 fully saturated rings. The predicted octanol–water partition coefficient (Wildman–Crippen LogP) is 4.78. The summed E-state index contributed by atoms with van der Waals surface area (Å²) < 4.78 is 18.0. The standard InChI is InChI=1S/C25H23N3O4S/c1-30-21-13-17(14-22(31-2)23(21)32-3)24(29)27-25(33)26-18-8-6-9-19(15-18)28-12-11-16-7-4-5-10-20(16)28/h4-15H,1-3H3,(H2,26,27,29,33). The van der Waals surface area contributed by atoms with E-state index in [1.165, 1.54) is 21.3 Å². The number of para-hydroxylation sites is 1. The van der Waals surface area contributed by atoms with Gasteiger partial charge in [0.15, 0.2) is 16.6 Å². The number of carbonyl (C=O) groups is 1. The molecule has 0 aliphatic carbocycles. The summed E-state index contributed by atoms with van der Waals surface area (Å²) in [6.07, 6.45) is 2.02. The zero-order valence-electron chi connectivity index (χ0n) is 18.4. The normalized spacial score (nSPS) is 10.5. The third-order valence-electron chi connectivity index (χ3n) is 5.14. The number of anilines is 1. The monoisotopic (exact) mass is 461 g/mol. The Balaban J connectivity index is 1.51. The van der Waals surface area contributed by atoms with Crippen LogP contribution in [-0.2, 0) is 0 Å². The van der Waals surface area contributed by atoms with Crippen molar-refractivity contribution in [1.29, 1.82) is 0 Å². The Hall–Kier alpha value is -4.04. The number of nitrogens with one attached hydrogen (secondary N) is 2. The Morgan fingerprint density at radius 3 is 2.30 bits per heavy atom. The van der Waals surface area contributed by atoms with Gasteiger partial charge in [-0.15, -0.1) is 0 Å². The van der Waals surface area contributed by atoms with Gasteiger partial charge >= 0.3 is 0 Å².